The van der Waals surface area contributed by atoms with E-state index in [1.807, 2.05) is 29.8 Å². The van der Waals surface area contributed by atoms with Gasteiger partial charge in [0, 0.05) is 43.1 Å². The van der Waals surface area contributed by atoms with Crippen LogP contribution >= 0.6 is 0 Å². The second-order valence-electron chi connectivity index (χ2n) is 8.18. The molecule has 140 valence electrons. The van der Waals surface area contributed by atoms with E-state index >= 15 is 0 Å². The van der Waals surface area contributed by atoms with Gasteiger partial charge in [-0.3, -0.25) is 9.69 Å². The van der Waals surface area contributed by atoms with Gasteiger partial charge >= 0.3 is 0 Å². The molecule has 5 nitrogen and oxygen atoms in total. The topological polar surface area (TPSA) is 31.7 Å². The first-order chi connectivity index (χ1) is 12.5. The summed E-state index contributed by atoms with van der Waals surface area (Å²) < 4.78 is 2.05. The van der Waals surface area contributed by atoms with E-state index in [0.717, 1.165) is 68.6 Å². The first-order valence-electron chi connectivity index (χ1n) is 9.74. The number of carbonyl (C=O) groups excluding carboxylic acids is 1. The summed E-state index contributed by atoms with van der Waals surface area (Å²) in [7, 11) is 6.45. The van der Waals surface area contributed by atoms with Crippen molar-refractivity contribution < 1.29 is 4.79 Å². The number of rotatable bonds is 1. The zero-order chi connectivity index (χ0) is 18.3. The Hall–Kier alpha value is -1.85. The van der Waals surface area contributed by atoms with E-state index in [4.69, 9.17) is 0 Å². The molecule has 1 spiro atoms. The van der Waals surface area contributed by atoms with Gasteiger partial charge in [-0.05, 0) is 58.6 Å². The average Bonchev–Trinajstić information content (AvgIpc) is 2.90. The van der Waals surface area contributed by atoms with Crippen LogP contribution in [0.2, 0.25) is 0 Å². The van der Waals surface area contributed by atoms with Gasteiger partial charge in [-0.1, -0.05) is 18.2 Å². The summed E-state index contributed by atoms with van der Waals surface area (Å²) in [4.78, 5) is 20.5. The van der Waals surface area contributed by atoms with Crippen molar-refractivity contribution in [1.29, 1.82) is 0 Å². The van der Waals surface area contributed by atoms with E-state index in [2.05, 4.69) is 40.9 Å². The number of carbonyl (C=O) groups is 1. The highest BCUT2D eigenvalue weighted by atomic mass is 16.2. The molecule has 2 aromatic rings. The first-order valence-corrected chi connectivity index (χ1v) is 9.74. The maximum absolute atomic E-state index is 13.4. The minimum absolute atomic E-state index is 0.128. The molecule has 1 aromatic heterocycles. The fourth-order valence-corrected chi connectivity index (χ4v) is 4.70. The number of likely N-dealkylation sites (N-methyl/N-ethyl adjacent to an activating group) is 1. The molecule has 0 bridgehead atoms. The Morgan fingerprint density at radius 1 is 1.00 bits per heavy atom. The van der Waals surface area contributed by atoms with Gasteiger partial charge in [-0.2, -0.15) is 0 Å². The molecular weight excluding hydrogens is 324 g/mol. The van der Waals surface area contributed by atoms with E-state index in [-0.39, 0.29) is 11.4 Å². The lowest BCUT2D eigenvalue weighted by Crippen LogP contribution is -2.58. The fourth-order valence-electron chi connectivity index (χ4n) is 4.70. The van der Waals surface area contributed by atoms with Crippen molar-refractivity contribution in [2.45, 2.75) is 24.8 Å². The molecule has 5 heteroatoms. The van der Waals surface area contributed by atoms with Gasteiger partial charge in [0.15, 0.2) is 0 Å². The van der Waals surface area contributed by atoms with Crippen molar-refractivity contribution in [3.8, 4) is 0 Å². The summed E-state index contributed by atoms with van der Waals surface area (Å²) in [6, 6.07) is 10.3. The number of aryl methyl sites for hydroxylation is 1. The van der Waals surface area contributed by atoms with Crippen LogP contribution in [0.5, 0.6) is 0 Å². The second-order valence-corrected chi connectivity index (χ2v) is 8.18. The third-order valence-corrected chi connectivity index (χ3v) is 6.59. The quantitative estimate of drug-likeness (QED) is 0.788. The van der Waals surface area contributed by atoms with Gasteiger partial charge in [0.25, 0.3) is 5.91 Å². The number of likely N-dealkylation sites (tertiary alicyclic amines) is 1. The van der Waals surface area contributed by atoms with Crippen LogP contribution in [0.1, 0.15) is 29.8 Å². The second kappa shape index (κ2) is 6.71. The number of nitrogens with zero attached hydrogens (tertiary/aromatic N) is 4. The summed E-state index contributed by atoms with van der Waals surface area (Å²) in [6.07, 6.45) is 3.32. The minimum atomic E-state index is 0.128. The Bertz CT molecular complexity index is 803. The molecule has 2 aliphatic heterocycles. The zero-order valence-corrected chi connectivity index (χ0v) is 16.2. The van der Waals surface area contributed by atoms with Crippen molar-refractivity contribution in [3.05, 3.63) is 36.0 Å². The van der Waals surface area contributed by atoms with E-state index in [1.165, 1.54) is 0 Å². The van der Waals surface area contributed by atoms with Crippen molar-refractivity contribution in [2.24, 2.45) is 7.05 Å². The number of fused-ring (bicyclic) bond motifs is 1. The molecule has 4 rings (SSSR count). The van der Waals surface area contributed by atoms with Gasteiger partial charge < -0.3 is 14.4 Å². The zero-order valence-electron chi connectivity index (χ0n) is 16.2. The summed E-state index contributed by atoms with van der Waals surface area (Å²) in [6.45, 7) is 4.99. The number of hydrogen-bond acceptors (Lipinski definition) is 3. The normalized spacial score (nSPS) is 22.0. The Morgan fingerprint density at radius 2 is 1.73 bits per heavy atom. The Balaban J connectivity index is 1.63. The Morgan fingerprint density at radius 3 is 2.46 bits per heavy atom. The number of piperidine rings is 1. The van der Waals surface area contributed by atoms with Crippen LogP contribution in [0.15, 0.2) is 30.3 Å². The third-order valence-electron chi connectivity index (χ3n) is 6.59. The van der Waals surface area contributed by atoms with Crippen LogP contribution in [0.3, 0.4) is 0 Å². The molecule has 0 saturated carbocycles. The van der Waals surface area contributed by atoms with E-state index < -0.39 is 0 Å². The summed E-state index contributed by atoms with van der Waals surface area (Å²) in [5.41, 5.74) is 2.05. The predicted molar refractivity (Wildman–Crippen MR) is 106 cm³/mol. The van der Waals surface area contributed by atoms with Gasteiger partial charge in [-0.15, -0.1) is 0 Å². The van der Waals surface area contributed by atoms with Crippen molar-refractivity contribution in [1.82, 2.24) is 19.3 Å². The number of amides is 1. The monoisotopic (exact) mass is 354 g/mol. The highest BCUT2D eigenvalue weighted by Gasteiger charge is 2.41. The van der Waals surface area contributed by atoms with Crippen LogP contribution in [0.25, 0.3) is 10.9 Å². The van der Waals surface area contributed by atoms with Gasteiger partial charge in [0.1, 0.15) is 5.69 Å². The van der Waals surface area contributed by atoms with Crippen LogP contribution in [0.4, 0.5) is 0 Å². The molecule has 1 amide bonds. The van der Waals surface area contributed by atoms with Crippen LogP contribution in [0, 0.1) is 0 Å². The van der Waals surface area contributed by atoms with Gasteiger partial charge in [-0.25, -0.2) is 0 Å². The van der Waals surface area contributed by atoms with Crippen molar-refractivity contribution in [2.75, 3.05) is 46.8 Å². The summed E-state index contributed by atoms with van der Waals surface area (Å²) in [5, 5.41) is 1.14. The first kappa shape index (κ1) is 17.6. The predicted octanol–water partition coefficient (Wildman–Crippen LogP) is 2.42. The molecule has 0 radical (unpaired) electrons. The fraction of sp³-hybridized carbons (Fsp3) is 0.571. The molecule has 0 aliphatic carbocycles. The van der Waals surface area contributed by atoms with Gasteiger partial charge in [0.05, 0.1) is 0 Å². The molecular formula is C21H30N4O. The largest absolute Gasteiger partial charge is 0.340 e. The van der Waals surface area contributed by atoms with E-state index in [0.29, 0.717) is 0 Å². The summed E-state index contributed by atoms with van der Waals surface area (Å²) in [5.74, 6) is 0.178. The van der Waals surface area contributed by atoms with Gasteiger partial charge in [0.2, 0.25) is 0 Å². The number of aromatic nitrogens is 1. The highest BCUT2D eigenvalue weighted by molar-refractivity contribution is 5.98. The Labute approximate surface area is 156 Å². The average molecular weight is 354 g/mol. The third kappa shape index (κ3) is 2.93. The van der Waals surface area contributed by atoms with Crippen molar-refractivity contribution >= 4 is 16.8 Å². The van der Waals surface area contributed by atoms with Crippen LogP contribution in [-0.4, -0.2) is 77.5 Å². The molecule has 2 aliphatic rings. The molecule has 26 heavy (non-hydrogen) atoms. The Kier molecular flexibility index (Phi) is 4.53. The maximum Gasteiger partial charge on any atom is 0.270 e. The SMILES string of the molecule is CN1CCC2(CC1)CN(C(=O)c1cc3ccccc3n1C)CCCN2C. The molecule has 1 aromatic carbocycles. The molecule has 3 heterocycles. The molecule has 0 atom stereocenters. The number of para-hydroxylation sites is 1. The lowest BCUT2D eigenvalue weighted by molar-refractivity contribution is 0.0313. The van der Waals surface area contributed by atoms with E-state index in [1.54, 1.807) is 0 Å². The van der Waals surface area contributed by atoms with Crippen molar-refractivity contribution in [3.63, 3.8) is 0 Å². The molecule has 0 N–H and O–H groups in total. The molecule has 2 saturated heterocycles. The smallest absolute Gasteiger partial charge is 0.270 e. The van der Waals surface area contributed by atoms with Crippen LogP contribution < -0.4 is 0 Å². The highest BCUT2D eigenvalue weighted by Crippen LogP contribution is 2.31. The minimum Gasteiger partial charge on any atom is -0.340 e. The summed E-state index contributed by atoms with van der Waals surface area (Å²) >= 11 is 0. The maximum atomic E-state index is 13.4. The number of hydrogen-bond donors (Lipinski definition) is 0. The lowest BCUT2D eigenvalue weighted by Gasteiger charge is -2.47. The lowest BCUT2D eigenvalue weighted by atomic mass is 9.85. The van der Waals surface area contributed by atoms with Crippen LogP contribution in [-0.2, 0) is 7.05 Å². The standard InChI is InChI=1S/C21H30N4O/c1-22-13-9-21(10-14-22)16-25(12-6-11-23(21)2)20(26)19-15-17-7-4-5-8-18(17)24(19)3/h4-5,7-8,15H,6,9-14,16H2,1-3H3. The number of benzene rings is 1. The molecule has 2 fully saturated rings. The molecule has 0 unspecified atom stereocenters. The van der Waals surface area contributed by atoms with E-state index in [9.17, 15) is 4.79 Å².